The Morgan fingerprint density at radius 1 is 1.52 bits per heavy atom. The van der Waals surface area contributed by atoms with Crippen molar-refractivity contribution in [1.82, 2.24) is 20.5 Å². The molecule has 2 aliphatic rings. The van der Waals surface area contributed by atoms with Crippen molar-refractivity contribution in [2.24, 2.45) is 5.92 Å². The number of aromatic nitrogens is 1. The van der Waals surface area contributed by atoms with Gasteiger partial charge < -0.3 is 5.32 Å². The lowest BCUT2D eigenvalue weighted by molar-refractivity contribution is -0.126. The number of imide groups is 1. The van der Waals surface area contributed by atoms with Gasteiger partial charge in [-0.2, -0.15) is 0 Å². The molecule has 2 aliphatic heterocycles. The van der Waals surface area contributed by atoms with Crippen LogP contribution < -0.4 is 10.6 Å². The molecule has 6 nitrogen and oxygen atoms in total. The molecule has 3 amide bonds. The molecular formula is C14H20N4O2S. The van der Waals surface area contributed by atoms with E-state index in [4.69, 9.17) is 0 Å². The highest BCUT2D eigenvalue weighted by Gasteiger charge is 2.48. The molecule has 1 aromatic heterocycles. The summed E-state index contributed by atoms with van der Waals surface area (Å²) in [5.41, 5.74) is 0.302. The molecule has 2 atom stereocenters. The summed E-state index contributed by atoms with van der Waals surface area (Å²) in [5, 5.41) is 8.32. The summed E-state index contributed by atoms with van der Waals surface area (Å²) in [7, 11) is 0. The Labute approximate surface area is 127 Å². The monoisotopic (exact) mass is 308 g/mol. The number of hydrogen-bond donors (Lipinski definition) is 2. The zero-order chi connectivity index (χ0) is 15.0. The summed E-state index contributed by atoms with van der Waals surface area (Å²) in [6.45, 7) is 6.47. The van der Waals surface area contributed by atoms with Gasteiger partial charge in [-0.3, -0.25) is 15.0 Å². The molecule has 0 saturated carbocycles. The van der Waals surface area contributed by atoms with Crippen molar-refractivity contribution in [3.8, 4) is 0 Å². The number of aryl methyl sites for hydroxylation is 1. The van der Waals surface area contributed by atoms with Crippen molar-refractivity contribution >= 4 is 23.3 Å². The molecule has 0 aliphatic carbocycles. The fourth-order valence-corrected chi connectivity index (χ4v) is 3.83. The van der Waals surface area contributed by atoms with Crippen LogP contribution >= 0.6 is 11.3 Å². The summed E-state index contributed by atoms with van der Waals surface area (Å²) < 4.78 is 0. The second-order valence-electron chi connectivity index (χ2n) is 6.04. The Morgan fingerprint density at radius 2 is 2.33 bits per heavy atom. The van der Waals surface area contributed by atoms with Crippen molar-refractivity contribution in [3.63, 3.8) is 0 Å². The number of amides is 3. The average molecular weight is 308 g/mol. The molecule has 1 aromatic rings. The number of urea groups is 1. The number of likely N-dealkylation sites (tertiary alicyclic amines) is 1. The van der Waals surface area contributed by atoms with E-state index in [1.54, 1.807) is 11.3 Å². The third-order valence-electron chi connectivity index (χ3n) is 4.45. The fraction of sp³-hybridized carbons (Fsp3) is 0.643. The minimum Gasteiger partial charge on any atom is -0.323 e. The van der Waals surface area contributed by atoms with Gasteiger partial charge in [-0.25, -0.2) is 9.78 Å². The second kappa shape index (κ2) is 5.38. The standard InChI is InChI=1S/C14H20N4O2S/c1-9-15-11(8-21-9)7-18-5-3-4-10(6-18)14(2)12(19)16-13(20)17-14/h8,10H,3-7H2,1-2H3,(H2,16,17,19,20)/t10-,14+/m0/s1. The molecule has 0 radical (unpaired) electrons. The molecule has 2 N–H and O–H groups in total. The van der Waals surface area contributed by atoms with Crippen molar-refractivity contribution < 1.29 is 9.59 Å². The summed E-state index contributed by atoms with van der Waals surface area (Å²) >= 11 is 1.66. The lowest BCUT2D eigenvalue weighted by Gasteiger charge is -2.39. The first-order chi connectivity index (χ1) is 9.97. The number of rotatable bonds is 3. The Balaban J connectivity index is 1.68. The molecule has 3 heterocycles. The first-order valence-corrected chi connectivity index (χ1v) is 8.12. The number of thiazole rings is 1. The van der Waals surface area contributed by atoms with Gasteiger partial charge in [0.1, 0.15) is 5.54 Å². The molecule has 3 rings (SSSR count). The molecule has 2 fully saturated rings. The van der Waals surface area contributed by atoms with Crippen molar-refractivity contribution in [2.75, 3.05) is 13.1 Å². The Bertz CT molecular complexity index is 573. The van der Waals surface area contributed by atoms with E-state index in [1.807, 2.05) is 13.8 Å². The van der Waals surface area contributed by atoms with E-state index < -0.39 is 5.54 Å². The highest BCUT2D eigenvalue weighted by atomic mass is 32.1. The summed E-state index contributed by atoms with van der Waals surface area (Å²) in [4.78, 5) is 30.3. The molecule has 7 heteroatoms. The molecule has 0 bridgehead atoms. The van der Waals surface area contributed by atoms with Gasteiger partial charge >= 0.3 is 6.03 Å². The number of piperidine rings is 1. The van der Waals surface area contributed by atoms with Gasteiger partial charge in [0.2, 0.25) is 0 Å². The van der Waals surface area contributed by atoms with Crippen LogP contribution in [0.3, 0.4) is 0 Å². The topological polar surface area (TPSA) is 74.3 Å². The summed E-state index contributed by atoms with van der Waals surface area (Å²) in [6, 6.07) is -0.380. The van der Waals surface area contributed by atoms with Crippen LogP contribution in [-0.2, 0) is 11.3 Å². The van der Waals surface area contributed by atoms with Gasteiger partial charge in [-0.1, -0.05) is 0 Å². The lowest BCUT2D eigenvalue weighted by Crippen LogP contribution is -2.55. The quantitative estimate of drug-likeness (QED) is 0.825. The number of nitrogens with zero attached hydrogens (tertiary/aromatic N) is 2. The zero-order valence-electron chi connectivity index (χ0n) is 12.3. The Kier molecular flexibility index (Phi) is 3.71. The van der Waals surface area contributed by atoms with Crippen molar-refractivity contribution in [1.29, 1.82) is 0 Å². The number of nitrogens with one attached hydrogen (secondary N) is 2. The van der Waals surface area contributed by atoms with Gasteiger partial charge in [-0.15, -0.1) is 11.3 Å². The predicted molar refractivity (Wildman–Crippen MR) is 79.9 cm³/mol. The third kappa shape index (κ3) is 2.80. The smallest absolute Gasteiger partial charge is 0.322 e. The van der Waals surface area contributed by atoms with Crippen LogP contribution in [0.5, 0.6) is 0 Å². The second-order valence-corrected chi connectivity index (χ2v) is 7.10. The Hall–Kier alpha value is -1.47. The maximum absolute atomic E-state index is 12.1. The van der Waals surface area contributed by atoms with E-state index >= 15 is 0 Å². The van der Waals surface area contributed by atoms with Gasteiger partial charge in [0, 0.05) is 24.4 Å². The van der Waals surface area contributed by atoms with Gasteiger partial charge in [0.15, 0.2) is 0 Å². The van der Waals surface area contributed by atoms with Crippen LogP contribution in [0.15, 0.2) is 5.38 Å². The van der Waals surface area contributed by atoms with E-state index in [9.17, 15) is 9.59 Å². The van der Waals surface area contributed by atoms with Gasteiger partial charge in [0.25, 0.3) is 5.91 Å². The molecular weight excluding hydrogens is 288 g/mol. The highest BCUT2D eigenvalue weighted by Crippen LogP contribution is 2.30. The molecule has 0 spiro atoms. The number of carbonyl (C=O) groups is 2. The minimum atomic E-state index is -0.784. The first kappa shape index (κ1) is 14.5. The van der Waals surface area contributed by atoms with Crippen LogP contribution in [0.4, 0.5) is 4.79 Å². The van der Waals surface area contributed by atoms with E-state index in [1.165, 1.54) is 0 Å². The van der Waals surface area contributed by atoms with E-state index in [0.717, 1.165) is 43.2 Å². The molecule has 0 aromatic carbocycles. The average Bonchev–Trinajstić information content (AvgIpc) is 2.94. The normalized spacial score (nSPS) is 30.3. The van der Waals surface area contributed by atoms with Crippen molar-refractivity contribution in [2.45, 2.75) is 38.8 Å². The predicted octanol–water partition coefficient (Wildman–Crippen LogP) is 1.26. The first-order valence-electron chi connectivity index (χ1n) is 7.24. The summed E-state index contributed by atoms with van der Waals surface area (Å²) in [5.74, 6) is -0.0683. The SMILES string of the molecule is Cc1nc(CN2CCC[C@H]([C@@]3(C)NC(=O)NC3=O)C2)cs1. The molecule has 2 saturated heterocycles. The van der Waals surface area contributed by atoms with E-state index in [2.05, 4.69) is 25.9 Å². The Morgan fingerprint density at radius 3 is 2.95 bits per heavy atom. The zero-order valence-corrected chi connectivity index (χ0v) is 13.1. The van der Waals surface area contributed by atoms with Crippen LogP contribution in [-0.4, -0.2) is 40.5 Å². The van der Waals surface area contributed by atoms with Gasteiger partial charge in [0.05, 0.1) is 10.7 Å². The highest BCUT2D eigenvalue weighted by molar-refractivity contribution is 7.09. The van der Waals surface area contributed by atoms with Crippen molar-refractivity contribution in [3.05, 3.63) is 16.1 Å². The van der Waals surface area contributed by atoms with E-state index in [0.29, 0.717) is 0 Å². The van der Waals surface area contributed by atoms with Crippen LogP contribution in [0, 0.1) is 12.8 Å². The van der Waals surface area contributed by atoms with Crippen LogP contribution in [0.1, 0.15) is 30.5 Å². The summed E-state index contributed by atoms with van der Waals surface area (Å²) in [6.07, 6.45) is 1.99. The lowest BCUT2D eigenvalue weighted by atomic mass is 9.80. The molecule has 0 unspecified atom stereocenters. The number of hydrogen-bond acceptors (Lipinski definition) is 5. The largest absolute Gasteiger partial charge is 0.323 e. The fourth-order valence-electron chi connectivity index (χ4n) is 3.22. The third-order valence-corrected chi connectivity index (χ3v) is 5.27. The maximum Gasteiger partial charge on any atom is 0.322 e. The van der Waals surface area contributed by atoms with E-state index in [-0.39, 0.29) is 17.9 Å². The molecule has 21 heavy (non-hydrogen) atoms. The minimum absolute atomic E-state index is 0.137. The maximum atomic E-state index is 12.1. The number of carbonyl (C=O) groups excluding carboxylic acids is 2. The van der Waals surface area contributed by atoms with Gasteiger partial charge in [-0.05, 0) is 33.2 Å². The molecule has 114 valence electrons. The van der Waals surface area contributed by atoms with Crippen LogP contribution in [0.25, 0.3) is 0 Å². The van der Waals surface area contributed by atoms with Crippen LogP contribution in [0.2, 0.25) is 0 Å².